The zero-order chi connectivity index (χ0) is 18.7. The quantitative estimate of drug-likeness (QED) is 0.781. The minimum absolute atomic E-state index is 0.116. The van der Waals surface area contributed by atoms with Crippen LogP contribution in [0.5, 0.6) is 0 Å². The number of aromatic nitrogens is 2. The fraction of sp³-hybridized carbons (Fsp3) is 0.444. The maximum Gasteiger partial charge on any atom is 0.416 e. The third kappa shape index (κ3) is 4.06. The van der Waals surface area contributed by atoms with Crippen LogP contribution in [0.1, 0.15) is 24.4 Å². The molecule has 0 N–H and O–H groups in total. The molecule has 1 atom stereocenters. The van der Waals surface area contributed by atoms with Gasteiger partial charge in [0.2, 0.25) is 11.7 Å². The van der Waals surface area contributed by atoms with Crippen molar-refractivity contribution in [2.45, 2.75) is 19.1 Å². The van der Waals surface area contributed by atoms with E-state index in [0.717, 1.165) is 38.3 Å². The number of benzene rings is 1. The van der Waals surface area contributed by atoms with Gasteiger partial charge in [0.25, 0.3) is 0 Å². The summed E-state index contributed by atoms with van der Waals surface area (Å²) >= 11 is 0. The topological polar surface area (TPSA) is 45.4 Å². The van der Waals surface area contributed by atoms with Crippen molar-refractivity contribution < 1.29 is 17.7 Å². The largest absolute Gasteiger partial charge is 0.416 e. The second kappa shape index (κ2) is 7.48. The van der Waals surface area contributed by atoms with E-state index in [1.54, 1.807) is 0 Å². The van der Waals surface area contributed by atoms with Crippen molar-refractivity contribution in [3.8, 4) is 23.7 Å². The summed E-state index contributed by atoms with van der Waals surface area (Å²) in [5.41, 5.74) is -0.458. The molecule has 1 aromatic heterocycles. The molecule has 0 radical (unpaired) electrons. The summed E-state index contributed by atoms with van der Waals surface area (Å²) in [6.07, 6.45) is 0.923. The summed E-state index contributed by atoms with van der Waals surface area (Å²) < 4.78 is 43.9. The third-order valence-corrected chi connectivity index (χ3v) is 4.52. The molecule has 2 heterocycles. The molecule has 3 rings (SSSR count). The van der Waals surface area contributed by atoms with Crippen molar-refractivity contribution in [1.82, 2.24) is 19.9 Å². The maximum absolute atomic E-state index is 12.9. The van der Waals surface area contributed by atoms with Crippen LogP contribution in [-0.2, 0) is 6.18 Å². The Bertz CT molecular complexity index is 788. The Labute approximate surface area is 149 Å². The lowest BCUT2D eigenvalue weighted by Gasteiger charge is -2.35. The fourth-order valence-electron chi connectivity index (χ4n) is 2.95. The summed E-state index contributed by atoms with van der Waals surface area (Å²) in [4.78, 5) is 8.68. The van der Waals surface area contributed by atoms with Gasteiger partial charge in [-0.1, -0.05) is 23.2 Å². The number of hydrogen-bond donors (Lipinski definition) is 0. The first-order valence-corrected chi connectivity index (χ1v) is 8.29. The van der Waals surface area contributed by atoms with Crippen LogP contribution in [0, 0.1) is 12.3 Å². The predicted molar refractivity (Wildman–Crippen MR) is 90.0 cm³/mol. The number of alkyl halides is 3. The van der Waals surface area contributed by atoms with Gasteiger partial charge in [-0.15, -0.1) is 6.42 Å². The van der Waals surface area contributed by atoms with Crippen LogP contribution >= 0.6 is 0 Å². The molecule has 2 aromatic rings. The SMILES string of the molecule is C#CCN1CCN(C(C)c2nc(-c3cccc(C(F)(F)F)c3)no2)CC1. The number of halogens is 3. The summed E-state index contributed by atoms with van der Waals surface area (Å²) in [6.45, 7) is 5.89. The molecule has 0 aliphatic carbocycles. The Kier molecular flexibility index (Phi) is 5.30. The van der Waals surface area contributed by atoms with E-state index in [4.69, 9.17) is 10.9 Å². The van der Waals surface area contributed by atoms with Gasteiger partial charge < -0.3 is 4.52 Å². The van der Waals surface area contributed by atoms with E-state index in [1.807, 2.05) is 6.92 Å². The van der Waals surface area contributed by atoms with Gasteiger partial charge in [-0.25, -0.2) is 0 Å². The fourth-order valence-corrected chi connectivity index (χ4v) is 2.95. The van der Waals surface area contributed by atoms with Gasteiger partial charge in [-0.2, -0.15) is 18.2 Å². The van der Waals surface area contributed by atoms with Gasteiger partial charge in [0.15, 0.2) is 0 Å². The van der Waals surface area contributed by atoms with Crippen molar-refractivity contribution in [2.24, 2.45) is 0 Å². The van der Waals surface area contributed by atoms with Crippen LogP contribution in [0.2, 0.25) is 0 Å². The molecule has 0 saturated carbocycles. The van der Waals surface area contributed by atoms with Gasteiger partial charge in [0.05, 0.1) is 18.2 Å². The Hall–Kier alpha value is -2.37. The average molecular weight is 364 g/mol. The van der Waals surface area contributed by atoms with Crippen molar-refractivity contribution in [3.05, 3.63) is 35.7 Å². The number of piperazine rings is 1. The molecule has 1 aliphatic heterocycles. The van der Waals surface area contributed by atoms with Crippen molar-refractivity contribution >= 4 is 0 Å². The molecule has 1 aliphatic rings. The summed E-state index contributed by atoms with van der Waals surface area (Å²) in [6, 6.07) is 4.80. The third-order valence-electron chi connectivity index (χ3n) is 4.52. The molecule has 0 bridgehead atoms. The molecule has 5 nitrogen and oxygen atoms in total. The molecule has 26 heavy (non-hydrogen) atoms. The number of hydrogen-bond acceptors (Lipinski definition) is 5. The summed E-state index contributed by atoms with van der Waals surface area (Å²) in [5, 5.41) is 3.85. The van der Waals surface area contributed by atoms with E-state index in [-0.39, 0.29) is 17.4 Å². The second-order valence-corrected chi connectivity index (χ2v) is 6.23. The molecule has 0 spiro atoms. The van der Waals surface area contributed by atoms with Crippen molar-refractivity contribution in [2.75, 3.05) is 32.7 Å². The van der Waals surface area contributed by atoms with Gasteiger partial charge in [0, 0.05) is 31.7 Å². The van der Waals surface area contributed by atoms with Gasteiger partial charge in [0.1, 0.15) is 0 Å². The van der Waals surface area contributed by atoms with Gasteiger partial charge in [-0.3, -0.25) is 9.80 Å². The van der Waals surface area contributed by atoms with E-state index in [9.17, 15) is 13.2 Å². The highest BCUT2D eigenvalue weighted by Gasteiger charge is 2.31. The number of terminal acetylenes is 1. The van der Waals surface area contributed by atoms with Crippen LogP contribution in [0.4, 0.5) is 13.2 Å². The first-order chi connectivity index (χ1) is 12.4. The van der Waals surface area contributed by atoms with E-state index in [2.05, 4.69) is 25.9 Å². The molecule has 8 heteroatoms. The molecular weight excluding hydrogens is 345 g/mol. The smallest absolute Gasteiger partial charge is 0.337 e. The lowest BCUT2D eigenvalue weighted by molar-refractivity contribution is -0.137. The highest BCUT2D eigenvalue weighted by Crippen LogP contribution is 2.32. The van der Waals surface area contributed by atoms with Crippen molar-refractivity contribution in [1.29, 1.82) is 0 Å². The second-order valence-electron chi connectivity index (χ2n) is 6.23. The van der Waals surface area contributed by atoms with Crippen LogP contribution in [0.15, 0.2) is 28.8 Å². The summed E-state index contributed by atoms with van der Waals surface area (Å²) in [5.74, 6) is 3.18. The monoisotopic (exact) mass is 364 g/mol. The lowest BCUT2D eigenvalue weighted by Crippen LogP contribution is -2.47. The van der Waals surface area contributed by atoms with Gasteiger partial charge >= 0.3 is 6.18 Å². The Morgan fingerprint density at radius 3 is 2.65 bits per heavy atom. The first kappa shape index (κ1) is 18.4. The number of nitrogens with zero attached hydrogens (tertiary/aromatic N) is 4. The van der Waals surface area contributed by atoms with Crippen LogP contribution in [0.25, 0.3) is 11.4 Å². The molecular formula is C18H19F3N4O. The molecule has 0 amide bonds. The Morgan fingerprint density at radius 1 is 1.27 bits per heavy atom. The highest BCUT2D eigenvalue weighted by molar-refractivity contribution is 5.55. The highest BCUT2D eigenvalue weighted by atomic mass is 19.4. The minimum atomic E-state index is -4.41. The van der Waals surface area contributed by atoms with Crippen molar-refractivity contribution in [3.63, 3.8) is 0 Å². The molecule has 1 saturated heterocycles. The molecule has 1 unspecified atom stereocenters. The Balaban J connectivity index is 1.71. The van der Waals surface area contributed by atoms with Crippen LogP contribution in [-0.4, -0.2) is 52.7 Å². The Morgan fingerprint density at radius 2 is 2.00 bits per heavy atom. The van der Waals surface area contributed by atoms with Gasteiger partial charge in [-0.05, 0) is 19.1 Å². The normalized spacial score (nSPS) is 17.8. The lowest BCUT2D eigenvalue weighted by atomic mass is 10.1. The summed E-state index contributed by atoms with van der Waals surface area (Å²) in [7, 11) is 0. The van der Waals surface area contributed by atoms with E-state index in [0.29, 0.717) is 12.4 Å². The van der Waals surface area contributed by atoms with E-state index >= 15 is 0 Å². The van der Waals surface area contributed by atoms with E-state index < -0.39 is 11.7 Å². The zero-order valence-electron chi connectivity index (χ0n) is 14.3. The standard InChI is InChI=1S/C18H19F3N4O/c1-3-7-24-8-10-25(11-9-24)13(2)17-22-16(23-26-17)14-5-4-6-15(12-14)18(19,20)21/h1,4-6,12-13H,7-11H2,2H3. The minimum Gasteiger partial charge on any atom is -0.337 e. The maximum atomic E-state index is 12.9. The van der Waals surface area contributed by atoms with E-state index in [1.165, 1.54) is 12.1 Å². The average Bonchev–Trinajstić information content (AvgIpc) is 3.12. The molecule has 1 aromatic carbocycles. The predicted octanol–water partition coefficient (Wildman–Crippen LogP) is 3.07. The number of rotatable bonds is 4. The molecule has 138 valence electrons. The van der Waals surface area contributed by atoms with Crippen LogP contribution < -0.4 is 0 Å². The zero-order valence-corrected chi connectivity index (χ0v) is 14.3. The van der Waals surface area contributed by atoms with Crippen LogP contribution in [0.3, 0.4) is 0 Å². The first-order valence-electron chi connectivity index (χ1n) is 8.29. The molecule has 1 fully saturated rings.